The number of aliphatic hydroxyl groups excluding tert-OH is 1. The summed E-state index contributed by atoms with van der Waals surface area (Å²) in [6, 6.07) is 4.72. The normalized spacial score (nSPS) is 26.8. The summed E-state index contributed by atoms with van der Waals surface area (Å²) in [5.41, 5.74) is -0.241. The lowest BCUT2D eigenvalue weighted by Crippen LogP contribution is -2.53. The van der Waals surface area contributed by atoms with Crippen molar-refractivity contribution in [2.24, 2.45) is 0 Å². The second-order valence-electron chi connectivity index (χ2n) is 5.62. The maximum Gasteiger partial charge on any atom is 0.322 e. The zero-order valence-corrected chi connectivity index (χ0v) is 12.4. The molecule has 3 amide bonds. The number of hydrogen-bond acceptors (Lipinski definition) is 4. The minimum atomic E-state index is -1.40. The lowest BCUT2D eigenvalue weighted by Gasteiger charge is -2.36. The van der Waals surface area contributed by atoms with E-state index in [1.165, 1.54) is 24.3 Å². The Morgan fingerprint density at radius 2 is 2.00 bits per heavy atom. The fourth-order valence-electron chi connectivity index (χ4n) is 2.78. The summed E-state index contributed by atoms with van der Waals surface area (Å²) >= 11 is 0. The SMILES string of the molecule is CC1=CC=CN(CC2(c3ccc(F)cc3)NC(=O)NC2=O)C1O. The van der Waals surface area contributed by atoms with E-state index in [0.29, 0.717) is 11.1 Å². The van der Waals surface area contributed by atoms with Gasteiger partial charge in [0.05, 0.1) is 6.54 Å². The van der Waals surface area contributed by atoms with Crippen LogP contribution in [0.4, 0.5) is 9.18 Å². The number of hydrogen-bond donors (Lipinski definition) is 3. The second kappa shape index (κ2) is 5.51. The van der Waals surface area contributed by atoms with E-state index in [0.717, 1.165) is 0 Å². The van der Waals surface area contributed by atoms with Crippen LogP contribution in [0, 0.1) is 5.82 Å². The van der Waals surface area contributed by atoms with E-state index in [1.807, 2.05) is 0 Å². The molecule has 0 spiro atoms. The topological polar surface area (TPSA) is 81.7 Å². The monoisotopic (exact) mass is 317 g/mol. The third-order valence-electron chi connectivity index (χ3n) is 4.06. The van der Waals surface area contributed by atoms with Crippen LogP contribution in [0.15, 0.2) is 48.2 Å². The Morgan fingerprint density at radius 3 is 2.61 bits per heavy atom. The van der Waals surface area contributed by atoms with Gasteiger partial charge in [0.15, 0.2) is 5.54 Å². The minimum Gasteiger partial charge on any atom is -0.370 e. The summed E-state index contributed by atoms with van der Waals surface area (Å²) in [5, 5.41) is 15.1. The number of nitrogens with zero attached hydrogens (tertiary/aromatic N) is 1. The average Bonchev–Trinajstić information content (AvgIpc) is 2.79. The molecular formula is C16H16FN3O3. The summed E-state index contributed by atoms with van der Waals surface area (Å²) < 4.78 is 13.2. The molecular weight excluding hydrogens is 301 g/mol. The molecule has 2 unspecified atom stereocenters. The number of benzene rings is 1. The summed E-state index contributed by atoms with van der Waals surface area (Å²) in [4.78, 5) is 25.6. The number of halogens is 1. The van der Waals surface area contributed by atoms with Gasteiger partial charge in [0.2, 0.25) is 0 Å². The summed E-state index contributed by atoms with van der Waals surface area (Å²) in [7, 11) is 0. The van der Waals surface area contributed by atoms with Crippen molar-refractivity contribution in [3.63, 3.8) is 0 Å². The van der Waals surface area contributed by atoms with E-state index in [-0.39, 0.29) is 6.54 Å². The maximum atomic E-state index is 13.2. The van der Waals surface area contributed by atoms with Crippen molar-refractivity contribution in [1.82, 2.24) is 15.5 Å². The molecule has 1 aromatic rings. The van der Waals surface area contributed by atoms with E-state index in [1.54, 1.807) is 30.2 Å². The van der Waals surface area contributed by atoms with Crippen LogP contribution in [0.5, 0.6) is 0 Å². The number of nitrogens with one attached hydrogen (secondary N) is 2. The Morgan fingerprint density at radius 1 is 1.30 bits per heavy atom. The van der Waals surface area contributed by atoms with Crippen molar-refractivity contribution in [1.29, 1.82) is 0 Å². The van der Waals surface area contributed by atoms with Crippen LogP contribution >= 0.6 is 0 Å². The molecule has 3 rings (SSSR count). The zero-order valence-electron chi connectivity index (χ0n) is 12.4. The van der Waals surface area contributed by atoms with Gasteiger partial charge in [0, 0.05) is 6.20 Å². The smallest absolute Gasteiger partial charge is 0.322 e. The molecule has 2 aliphatic rings. The number of allylic oxidation sites excluding steroid dienone is 2. The Bertz CT molecular complexity index is 714. The van der Waals surface area contributed by atoms with Gasteiger partial charge in [-0.05, 0) is 36.3 Å². The largest absolute Gasteiger partial charge is 0.370 e. The predicted octanol–water partition coefficient (Wildman–Crippen LogP) is 0.954. The number of carbonyl (C=O) groups excluding carboxylic acids is 2. The average molecular weight is 317 g/mol. The van der Waals surface area contributed by atoms with Gasteiger partial charge in [0.1, 0.15) is 12.0 Å². The summed E-state index contributed by atoms with van der Waals surface area (Å²) in [6.45, 7) is 1.78. The van der Waals surface area contributed by atoms with Gasteiger partial charge >= 0.3 is 6.03 Å². The first-order valence-electron chi connectivity index (χ1n) is 7.11. The third-order valence-corrected chi connectivity index (χ3v) is 4.06. The maximum absolute atomic E-state index is 13.2. The standard InChI is InChI=1S/C16H16FN3O3/c1-10-3-2-8-20(13(10)21)9-16(14(22)18-15(23)19-16)11-4-6-12(17)7-5-11/h2-8,13,21H,9H2,1H3,(H2,18,19,22,23). The lowest BCUT2D eigenvalue weighted by molar-refractivity contribution is -0.125. The molecule has 2 aliphatic heterocycles. The molecule has 3 N–H and O–H groups in total. The van der Waals surface area contributed by atoms with Crippen molar-refractivity contribution in [2.75, 3.05) is 6.54 Å². The zero-order chi connectivity index (χ0) is 16.6. The van der Waals surface area contributed by atoms with Crippen molar-refractivity contribution >= 4 is 11.9 Å². The van der Waals surface area contributed by atoms with Gasteiger partial charge in [-0.25, -0.2) is 9.18 Å². The van der Waals surface area contributed by atoms with E-state index in [2.05, 4.69) is 10.6 Å². The van der Waals surface area contributed by atoms with Crippen LogP contribution in [0.2, 0.25) is 0 Å². The molecule has 6 nitrogen and oxygen atoms in total. The molecule has 0 aliphatic carbocycles. The second-order valence-corrected chi connectivity index (χ2v) is 5.62. The molecule has 0 saturated carbocycles. The highest BCUT2D eigenvalue weighted by Gasteiger charge is 2.49. The molecule has 1 saturated heterocycles. The first-order chi connectivity index (χ1) is 10.9. The van der Waals surface area contributed by atoms with E-state index < -0.39 is 29.5 Å². The van der Waals surface area contributed by atoms with E-state index in [4.69, 9.17) is 0 Å². The number of carbonyl (C=O) groups is 2. The quantitative estimate of drug-likeness (QED) is 0.725. The minimum absolute atomic E-state index is 0.0129. The van der Waals surface area contributed by atoms with Gasteiger partial charge < -0.3 is 15.3 Å². The molecule has 23 heavy (non-hydrogen) atoms. The number of aliphatic hydroxyl groups is 1. The van der Waals surface area contributed by atoms with E-state index >= 15 is 0 Å². The molecule has 0 aromatic heterocycles. The Labute approximate surface area is 132 Å². The molecule has 120 valence electrons. The highest BCUT2D eigenvalue weighted by Crippen LogP contribution is 2.29. The van der Waals surface area contributed by atoms with Gasteiger partial charge in [-0.2, -0.15) is 0 Å². The third kappa shape index (κ3) is 2.59. The summed E-state index contributed by atoms with van der Waals surface area (Å²) in [5.74, 6) is -0.979. The first kappa shape index (κ1) is 15.2. The predicted molar refractivity (Wildman–Crippen MR) is 80.4 cm³/mol. The molecule has 7 heteroatoms. The Kier molecular flexibility index (Phi) is 3.65. The highest BCUT2D eigenvalue weighted by molar-refractivity contribution is 6.07. The Balaban J connectivity index is 1.99. The van der Waals surface area contributed by atoms with Crippen molar-refractivity contribution in [3.8, 4) is 0 Å². The van der Waals surface area contributed by atoms with Gasteiger partial charge in [-0.15, -0.1) is 0 Å². The number of rotatable bonds is 3. The van der Waals surface area contributed by atoms with E-state index in [9.17, 15) is 19.1 Å². The molecule has 2 atom stereocenters. The number of urea groups is 1. The molecule has 2 heterocycles. The fraction of sp³-hybridized carbons (Fsp3) is 0.250. The van der Waals surface area contributed by atoms with Crippen LogP contribution in [-0.2, 0) is 10.3 Å². The first-order valence-corrected chi connectivity index (χ1v) is 7.11. The molecule has 1 fully saturated rings. The fourth-order valence-corrected chi connectivity index (χ4v) is 2.78. The van der Waals surface area contributed by atoms with Crippen LogP contribution < -0.4 is 10.6 Å². The van der Waals surface area contributed by atoms with Crippen LogP contribution in [-0.4, -0.2) is 34.7 Å². The molecule has 0 bridgehead atoms. The van der Waals surface area contributed by atoms with Crippen molar-refractivity contribution in [2.45, 2.75) is 18.7 Å². The van der Waals surface area contributed by atoms with Gasteiger partial charge in [-0.1, -0.05) is 18.2 Å². The van der Waals surface area contributed by atoms with Crippen molar-refractivity contribution < 1.29 is 19.1 Å². The lowest BCUT2D eigenvalue weighted by atomic mass is 9.88. The summed E-state index contributed by atoms with van der Waals surface area (Å²) in [6.07, 6.45) is 4.25. The van der Waals surface area contributed by atoms with Gasteiger partial charge in [-0.3, -0.25) is 10.1 Å². The Hall–Kier alpha value is -2.67. The van der Waals surface area contributed by atoms with Gasteiger partial charge in [0.25, 0.3) is 5.91 Å². The van der Waals surface area contributed by atoms with Crippen molar-refractivity contribution in [3.05, 3.63) is 59.6 Å². The number of amides is 3. The number of imide groups is 1. The van der Waals surface area contributed by atoms with Crippen LogP contribution in [0.25, 0.3) is 0 Å². The van der Waals surface area contributed by atoms with Crippen LogP contribution in [0.3, 0.4) is 0 Å². The molecule has 1 aromatic carbocycles. The highest BCUT2D eigenvalue weighted by atomic mass is 19.1. The molecule has 0 radical (unpaired) electrons. The van der Waals surface area contributed by atoms with Crippen LogP contribution in [0.1, 0.15) is 12.5 Å².